The van der Waals surface area contributed by atoms with E-state index in [4.69, 9.17) is 4.74 Å². The van der Waals surface area contributed by atoms with Crippen LogP contribution in [0.4, 0.5) is 16.3 Å². The monoisotopic (exact) mass is 395 g/mol. The van der Waals surface area contributed by atoms with Gasteiger partial charge in [0.2, 0.25) is 0 Å². The van der Waals surface area contributed by atoms with E-state index in [9.17, 15) is 4.79 Å². The van der Waals surface area contributed by atoms with Gasteiger partial charge < -0.3 is 10.1 Å². The maximum atomic E-state index is 12.4. The highest BCUT2D eigenvalue weighted by molar-refractivity contribution is 7.99. The van der Waals surface area contributed by atoms with Crippen molar-refractivity contribution in [3.63, 3.8) is 0 Å². The van der Waals surface area contributed by atoms with Crippen molar-refractivity contribution >= 4 is 29.3 Å². The molecule has 2 N–H and O–H groups in total. The number of nitrogens with zero attached hydrogens (tertiary/aromatic N) is 3. The average Bonchev–Trinajstić information content (AvgIpc) is 3.03. The summed E-state index contributed by atoms with van der Waals surface area (Å²) in [4.78, 5) is 18.6. The van der Waals surface area contributed by atoms with E-state index in [2.05, 4.69) is 27.6 Å². The van der Waals surface area contributed by atoms with Gasteiger partial charge in [0.1, 0.15) is 5.82 Å². The minimum atomic E-state index is -0.306. The van der Waals surface area contributed by atoms with Crippen LogP contribution in [0.15, 0.2) is 64.6 Å². The second-order valence-electron chi connectivity index (χ2n) is 6.98. The molecule has 1 aromatic carbocycles. The molecule has 8 heteroatoms. The lowest BCUT2D eigenvalue weighted by Gasteiger charge is -2.36. The van der Waals surface area contributed by atoms with E-state index in [1.165, 1.54) is 0 Å². The number of hydrogen-bond donors (Lipinski definition) is 2. The third-order valence-electron chi connectivity index (χ3n) is 4.58. The van der Waals surface area contributed by atoms with Crippen LogP contribution in [-0.2, 0) is 17.2 Å². The van der Waals surface area contributed by atoms with Crippen molar-refractivity contribution in [3.8, 4) is 0 Å². The molecule has 144 valence electrons. The number of pyridine rings is 1. The van der Waals surface area contributed by atoms with Crippen molar-refractivity contribution in [1.29, 1.82) is 0 Å². The largest absolute Gasteiger partial charge is 0.379 e. The molecule has 1 fully saturated rings. The van der Waals surface area contributed by atoms with Crippen LogP contribution >= 0.6 is 11.8 Å². The summed E-state index contributed by atoms with van der Waals surface area (Å²) in [7, 11) is 1.81. The molecule has 7 nitrogen and oxygen atoms in total. The fourth-order valence-electron chi connectivity index (χ4n) is 2.86. The van der Waals surface area contributed by atoms with Crippen LogP contribution < -0.4 is 10.6 Å². The Labute approximate surface area is 167 Å². The molecule has 1 aliphatic rings. The number of carbonyl (C=O) groups is 1. The number of anilines is 2. The van der Waals surface area contributed by atoms with Crippen LogP contribution in [-0.4, -0.2) is 34.0 Å². The van der Waals surface area contributed by atoms with Crippen LogP contribution in [0, 0.1) is 0 Å². The van der Waals surface area contributed by atoms with Crippen LogP contribution in [0.25, 0.3) is 0 Å². The Hall–Kier alpha value is -2.84. The zero-order valence-corrected chi connectivity index (χ0v) is 16.5. The van der Waals surface area contributed by atoms with Gasteiger partial charge in [-0.3, -0.25) is 15.0 Å². The topological polar surface area (TPSA) is 81.1 Å². The Balaban J connectivity index is 1.36. The molecule has 0 bridgehead atoms. The molecule has 1 aliphatic heterocycles. The maximum absolute atomic E-state index is 12.4. The number of aromatic nitrogens is 3. The van der Waals surface area contributed by atoms with Gasteiger partial charge in [-0.25, -0.2) is 4.79 Å². The number of ether oxygens (including phenoxy) is 1. The second kappa shape index (κ2) is 7.65. The molecule has 0 spiro atoms. The van der Waals surface area contributed by atoms with Gasteiger partial charge in [0.25, 0.3) is 0 Å². The van der Waals surface area contributed by atoms with E-state index in [0.717, 1.165) is 21.2 Å². The Bertz CT molecular complexity index is 968. The number of benzene rings is 1. The summed E-state index contributed by atoms with van der Waals surface area (Å²) in [6, 6.07) is 13.2. The van der Waals surface area contributed by atoms with E-state index in [-0.39, 0.29) is 11.4 Å². The quantitative estimate of drug-likeness (QED) is 0.685. The summed E-state index contributed by atoms with van der Waals surface area (Å²) < 4.78 is 6.97. The number of urea groups is 1. The van der Waals surface area contributed by atoms with Crippen LogP contribution in [0.1, 0.15) is 12.6 Å². The molecular weight excluding hydrogens is 374 g/mol. The smallest absolute Gasteiger partial charge is 0.324 e. The molecule has 0 saturated carbocycles. The predicted molar refractivity (Wildman–Crippen MR) is 109 cm³/mol. The molecule has 3 heterocycles. The normalized spacial score (nSPS) is 14.9. The van der Waals surface area contributed by atoms with Gasteiger partial charge in [-0.2, -0.15) is 5.10 Å². The fourth-order valence-corrected chi connectivity index (χ4v) is 3.66. The van der Waals surface area contributed by atoms with Gasteiger partial charge in [0.05, 0.1) is 24.3 Å². The second-order valence-corrected chi connectivity index (χ2v) is 8.13. The van der Waals surface area contributed by atoms with Gasteiger partial charge >= 0.3 is 6.03 Å². The van der Waals surface area contributed by atoms with Gasteiger partial charge in [-0.1, -0.05) is 11.8 Å². The van der Waals surface area contributed by atoms with Crippen molar-refractivity contribution in [2.24, 2.45) is 7.05 Å². The Morgan fingerprint density at radius 1 is 1.11 bits per heavy atom. The van der Waals surface area contributed by atoms with Crippen molar-refractivity contribution < 1.29 is 9.53 Å². The maximum Gasteiger partial charge on any atom is 0.324 e. The van der Waals surface area contributed by atoms with Crippen molar-refractivity contribution in [2.45, 2.75) is 22.1 Å². The van der Waals surface area contributed by atoms with Crippen LogP contribution in [0.3, 0.4) is 0 Å². The van der Waals surface area contributed by atoms with Gasteiger partial charge in [0, 0.05) is 41.0 Å². The molecule has 28 heavy (non-hydrogen) atoms. The van der Waals surface area contributed by atoms with Crippen LogP contribution in [0.5, 0.6) is 0 Å². The molecule has 2 aromatic heterocycles. The number of aryl methyl sites for hydroxylation is 1. The first kappa shape index (κ1) is 18.5. The molecular formula is C20H21N5O2S. The molecule has 3 aromatic rings. The Kier molecular flexibility index (Phi) is 5.06. The van der Waals surface area contributed by atoms with E-state index in [1.54, 1.807) is 28.8 Å². The van der Waals surface area contributed by atoms with E-state index in [0.29, 0.717) is 19.0 Å². The van der Waals surface area contributed by atoms with Crippen molar-refractivity contribution in [3.05, 3.63) is 60.6 Å². The number of carbonyl (C=O) groups excluding carboxylic acids is 1. The van der Waals surface area contributed by atoms with Gasteiger partial charge in [-0.05, 0) is 43.3 Å². The standard InChI is InChI=1S/C20H21N5O2S/c1-20(12-27-13-20)17-11-18(25(2)24-17)23-19(26)22-14-3-5-15(6-4-14)28-16-7-9-21-10-8-16/h3-11H,12-13H2,1-2H3,(H2,22,23,26). The average molecular weight is 395 g/mol. The lowest BCUT2D eigenvalue weighted by atomic mass is 9.85. The van der Waals surface area contributed by atoms with Crippen molar-refractivity contribution in [2.75, 3.05) is 23.8 Å². The Morgan fingerprint density at radius 3 is 2.43 bits per heavy atom. The molecule has 0 unspecified atom stereocenters. The molecule has 0 radical (unpaired) electrons. The minimum absolute atomic E-state index is 0.0729. The molecule has 4 rings (SSSR count). The van der Waals surface area contributed by atoms with Crippen molar-refractivity contribution in [1.82, 2.24) is 14.8 Å². The fraction of sp³-hybridized carbons (Fsp3) is 0.250. The summed E-state index contributed by atoms with van der Waals surface area (Å²) in [5.74, 6) is 0.644. The number of rotatable bonds is 5. The first-order valence-electron chi connectivity index (χ1n) is 8.90. The summed E-state index contributed by atoms with van der Waals surface area (Å²) in [6.07, 6.45) is 3.54. The van der Waals surface area contributed by atoms with Crippen LogP contribution in [0.2, 0.25) is 0 Å². The molecule has 0 atom stereocenters. The lowest BCUT2D eigenvalue weighted by Crippen LogP contribution is -2.44. The SMILES string of the molecule is Cn1nc(C2(C)COC2)cc1NC(=O)Nc1ccc(Sc2ccncc2)cc1. The third kappa shape index (κ3) is 4.02. The van der Waals surface area contributed by atoms with E-state index >= 15 is 0 Å². The summed E-state index contributed by atoms with van der Waals surface area (Å²) in [5.41, 5.74) is 1.57. The Morgan fingerprint density at radius 2 is 1.79 bits per heavy atom. The highest BCUT2D eigenvalue weighted by Crippen LogP contribution is 2.32. The number of amides is 2. The zero-order chi connectivity index (χ0) is 19.6. The van der Waals surface area contributed by atoms with Gasteiger partial charge in [-0.15, -0.1) is 0 Å². The molecule has 2 amide bonds. The summed E-state index contributed by atoms with van der Waals surface area (Å²) in [6.45, 7) is 3.41. The zero-order valence-electron chi connectivity index (χ0n) is 15.7. The molecule has 0 aliphatic carbocycles. The summed E-state index contributed by atoms with van der Waals surface area (Å²) >= 11 is 1.64. The molecule has 1 saturated heterocycles. The lowest BCUT2D eigenvalue weighted by molar-refractivity contribution is -0.0522. The van der Waals surface area contributed by atoms with Gasteiger partial charge in [0.15, 0.2) is 0 Å². The highest BCUT2D eigenvalue weighted by Gasteiger charge is 2.38. The number of hydrogen-bond acceptors (Lipinski definition) is 5. The first-order chi connectivity index (χ1) is 13.5. The minimum Gasteiger partial charge on any atom is -0.379 e. The van der Waals surface area contributed by atoms with E-state index < -0.39 is 0 Å². The third-order valence-corrected chi connectivity index (χ3v) is 5.59. The number of nitrogens with one attached hydrogen (secondary N) is 2. The predicted octanol–water partition coefficient (Wildman–Crippen LogP) is 3.90. The van der Waals surface area contributed by atoms with E-state index in [1.807, 2.05) is 49.5 Å². The first-order valence-corrected chi connectivity index (χ1v) is 9.72. The summed E-state index contributed by atoms with van der Waals surface area (Å²) in [5, 5.41) is 10.2. The highest BCUT2D eigenvalue weighted by atomic mass is 32.2.